The van der Waals surface area contributed by atoms with Crippen molar-refractivity contribution in [1.29, 1.82) is 0 Å². The SMILES string of the molecule is O=C1CCC(C(=O)Nc2cccc3c(=O)c(C(=O)n4ccnc4)c[nH]c23)N1. The Morgan fingerprint density at radius 1 is 1.26 bits per heavy atom. The van der Waals surface area contributed by atoms with Crippen molar-refractivity contribution in [2.24, 2.45) is 0 Å². The number of anilines is 1. The molecule has 3 heterocycles. The molecule has 1 saturated heterocycles. The van der Waals surface area contributed by atoms with Gasteiger partial charge in [0.05, 0.1) is 11.2 Å². The van der Waals surface area contributed by atoms with Crippen LogP contribution < -0.4 is 16.1 Å². The molecule has 0 spiro atoms. The number of hydrogen-bond acceptors (Lipinski definition) is 5. The Kier molecular flexibility index (Phi) is 4.03. The lowest BCUT2D eigenvalue weighted by molar-refractivity contribution is -0.122. The van der Waals surface area contributed by atoms with Gasteiger partial charge in [-0.25, -0.2) is 4.98 Å². The molecule has 0 aliphatic carbocycles. The van der Waals surface area contributed by atoms with E-state index in [2.05, 4.69) is 20.6 Å². The molecule has 27 heavy (non-hydrogen) atoms. The first-order chi connectivity index (χ1) is 13.0. The van der Waals surface area contributed by atoms with Gasteiger partial charge in [0, 0.05) is 30.4 Å². The fourth-order valence-electron chi connectivity index (χ4n) is 3.06. The minimum atomic E-state index is -0.596. The number of fused-ring (bicyclic) bond motifs is 1. The number of benzene rings is 1. The fraction of sp³-hybridized carbons (Fsp3) is 0.167. The van der Waals surface area contributed by atoms with Crippen LogP contribution in [0.2, 0.25) is 0 Å². The topological polar surface area (TPSA) is 126 Å². The van der Waals surface area contributed by atoms with Crippen LogP contribution in [0.5, 0.6) is 0 Å². The van der Waals surface area contributed by atoms with E-state index in [0.717, 1.165) is 0 Å². The standard InChI is InChI=1S/C18H15N5O4/c24-14-5-4-13(21-14)17(26)22-12-3-1-2-10-15(12)20-8-11(16(10)25)18(27)23-7-6-19-9-23/h1-3,6-9,13H,4-5H2,(H,20,25)(H,21,24)(H,22,26). The third kappa shape index (κ3) is 2.99. The maximum Gasteiger partial charge on any atom is 0.268 e. The molecule has 1 unspecified atom stereocenters. The zero-order chi connectivity index (χ0) is 19.0. The zero-order valence-corrected chi connectivity index (χ0v) is 14.1. The van der Waals surface area contributed by atoms with E-state index in [9.17, 15) is 19.2 Å². The molecule has 1 atom stereocenters. The third-order valence-electron chi connectivity index (χ3n) is 4.45. The van der Waals surface area contributed by atoms with Crippen LogP contribution in [0.15, 0.2) is 47.9 Å². The van der Waals surface area contributed by atoms with E-state index in [1.165, 1.54) is 29.5 Å². The number of hydrogen-bond donors (Lipinski definition) is 3. The second-order valence-electron chi connectivity index (χ2n) is 6.18. The average Bonchev–Trinajstić information content (AvgIpc) is 3.34. The van der Waals surface area contributed by atoms with Crippen molar-refractivity contribution in [2.75, 3.05) is 5.32 Å². The zero-order valence-electron chi connectivity index (χ0n) is 14.1. The largest absolute Gasteiger partial charge is 0.358 e. The van der Waals surface area contributed by atoms with Crippen molar-refractivity contribution in [2.45, 2.75) is 18.9 Å². The van der Waals surface area contributed by atoms with Crippen LogP contribution in [0.3, 0.4) is 0 Å². The van der Waals surface area contributed by atoms with Crippen molar-refractivity contribution in [3.63, 3.8) is 0 Å². The lowest BCUT2D eigenvalue weighted by atomic mass is 10.1. The van der Waals surface area contributed by atoms with Crippen LogP contribution in [0.1, 0.15) is 23.2 Å². The number of amides is 2. The molecular weight excluding hydrogens is 350 g/mol. The van der Waals surface area contributed by atoms with Crippen molar-refractivity contribution >= 4 is 34.3 Å². The predicted molar refractivity (Wildman–Crippen MR) is 96.3 cm³/mol. The number of carbonyl (C=O) groups excluding carboxylic acids is 3. The number of pyridine rings is 1. The molecule has 1 aliphatic rings. The van der Waals surface area contributed by atoms with Crippen molar-refractivity contribution in [1.82, 2.24) is 19.9 Å². The van der Waals surface area contributed by atoms with Crippen LogP contribution in [0, 0.1) is 0 Å². The summed E-state index contributed by atoms with van der Waals surface area (Å²) < 4.78 is 1.21. The van der Waals surface area contributed by atoms with Gasteiger partial charge in [-0.1, -0.05) is 6.07 Å². The minimum absolute atomic E-state index is 0.0352. The molecule has 1 fully saturated rings. The van der Waals surface area contributed by atoms with Crippen LogP contribution in [0.25, 0.3) is 10.9 Å². The Morgan fingerprint density at radius 2 is 2.11 bits per heavy atom. The summed E-state index contributed by atoms with van der Waals surface area (Å²) in [7, 11) is 0. The van der Waals surface area contributed by atoms with Crippen molar-refractivity contribution in [3.05, 3.63) is 58.9 Å². The molecule has 4 rings (SSSR count). The number of H-pyrrole nitrogens is 1. The molecule has 2 amide bonds. The van der Waals surface area contributed by atoms with Crippen LogP contribution in [-0.4, -0.2) is 38.3 Å². The number of nitrogens with zero attached hydrogens (tertiary/aromatic N) is 2. The molecule has 1 aromatic carbocycles. The highest BCUT2D eigenvalue weighted by molar-refractivity contribution is 6.05. The van der Waals surface area contributed by atoms with Gasteiger partial charge in [0.25, 0.3) is 5.91 Å². The molecule has 9 heteroatoms. The van der Waals surface area contributed by atoms with Gasteiger partial charge in [0.15, 0.2) is 0 Å². The number of aromatic amines is 1. The monoisotopic (exact) mass is 365 g/mol. The Morgan fingerprint density at radius 3 is 2.81 bits per heavy atom. The minimum Gasteiger partial charge on any atom is -0.358 e. The molecule has 3 N–H and O–H groups in total. The highest BCUT2D eigenvalue weighted by Gasteiger charge is 2.27. The van der Waals surface area contributed by atoms with Gasteiger partial charge < -0.3 is 15.6 Å². The number of aromatic nitrogens is 3. The maximum atomic E-state index is 12.8. The number of imidazole rings is 1. The van der Waals surface area contributed by atoms with E-state index < -0.39 is 17.4 Å². The van der Waals surface area contributed by atoms with E-state index in [-0.39, 0.29) is 22.8 Å². The second kappa shape index (κ2) is 6.52. The molecule has 0 bridgehead atoms. The molecule has 3 aromatic rings. The summed E-state index contributed by atoms with van der Waals surface area (Å²) in [6.07, 6.45) is 6.28. The van der Waals surface area contributed by atoms with Crippen molar-refractivity contribution in [3.8, 4) is 0 Å². The summed E-state index contributed by atoms with van der Waals surface area (Å²) in [5, 5.41) is 5.60. The summed E-state index contributed by atoms with van der Waals surface area (Å²) in [4.78, 5) is 55.5. The molecule has 0 radical (unpaired) electrons. The van der Waals surface area contributed by atoms with Crippen LogP contribution >= 0.6 is 0 Å². The van der Waals surface area contributed by atoms with Gasteiger partial charge in [0.2, 0.25) is 17.2 Å². The number of nitrogens with one attached hydrogen (secondary N) is 3. The summed E-state index contributed by atoms with van der Waals surface area (Å²) in [5.41, 5.74) is 0.319. The van der Waals surface area contributed by atoms with Crippen LogP contribution in [0.4, 0.5) is 5.69 Å². The van der Waals surface area contributed by atoms with Crippen molar-refractivity contribution < 1.29 is 14.4 Å². The smallest absolute Gasteiger partial charge is 0.268 e. The molecule has 1 aliphatic heterocycles. The first-order valence-corrected chi connectivity index (χ1v) is 8.32. The van der Waals surface area contributed by atoms with Crippen LogP contribution in [-0.2, 0) is 9.59 Å². The average molecular weight is 365 g/mol. The van der Waals surface area contributed by atoms with Gasteiger partial charge in [-0.3, -0.25) is 23.7 Å². The second-order valence-corrected chi connectivity index (χ2v) is 6.18. The molecule has 9 nitrogen and oxygen atoms in total. The van der Waals surface area contributed by atoms with Gasteiger partial charge in [0.1, 0.15) is 17.9 Å². The summed E-state index contributed by atoms with van der Waals surface area (Å²) in [5.74, 6) is -1.02. The lowest BCUT2D eigenvalue weighted by Crippen LogP contribution is -2.37. The van der Waals surface area contributed by atoms with Gasteiger partial charge in [-0.05, 0) is 18.6 Å². The van der Waals surface area contributed by atoms with E-state index in [0.29, 0.717) is 24.0 Å². The summed E-state index contributed by atoms with van der Waals surface area (Å²) >= 11 is 0. The Labute approximate surface area is 152 Å². The molecule has 136 valence electrons. The van der Waals surface area contributed by atoms with Gasteiger partial charge in [-0.15, -0.1) is 0 Å². The highest BCUT2D eigenvalue weighted by Crippen LogP contribution is 2.20. The van der Waals surface area contributed by atoms with Gasteiger partial charge in [-0.2, -0.15) is 0 Å². The van der Waals surface area contributed by atoms with Gasteiger partial charge >= 0.3 is 0 Å². The van der Waals surface area contributed by atoms with E-state index in [4.69, 9.17) is 0 Å². The maximum absolute atomic E-state index is 12.8. The molecule has 0 saturated carbocycles. The summed E-state index contributed by atoms with van der Waals surface area (Å²) in [6.45, 7) is 0. The Hall–Kier alpha value is -3.75. The Balaban J connectivity index is 1.69. The quantitative estimate of drug-likeness (QED) is 0.628. The molecular formula is C18H15N5O4. The first-order valence-electron chi connectivity index (χ1n) is 8.32. The third-order valence-corrected chi connectivity index (χ3v) is 4.45. The van der Waals surface area contributed by atoms with E-state index in [1.54, 1.807) is 18.2 Å². The normalized spacial score (nSPS) is 16.3. The number of carbonyl (C=O) groups is 3. The fourth-order valence-corrected chi connectivity index (χ4v) is 3.06. The molecule has 2 aromatic heterocycles. The van der Waals surface area contributed by atoms with E-state index in [1.807, 2.05) is 0 Å². The number of para-hydroxylation sites is 1. The Bertz CT molecular complexity index is 1120. The lowest BCUT2D eigenvalue weighted by Gasteiger charge is -2.13. The first kappa shape index (κ1) is 16.7. The number of rotatable bonds is 3. The van der Waals surface area contributed by atoms with E-state index >= 15 is 0 Å². The highest BCUT2D eigenvalue weighted by atomic mass is 16.2. The summed E-state index contributed by atoms with van der Waals surface area (Å²) in [6, 6.07) is 4.24. The predicted octanol–water partition coefficient (Wildman–Crippen LogP) is 0.630.